The van der Waals surface area contributed by atoms with Gasteiger partial charge in [-0.05, 0) is 55.4 Å². The molecule has 0 fully saturated rings. The first-order valence-corrected chi connectivity index (χ1v) is 7.85. The van der Waals surface area contributed by atoms with Gasteiger partial charge < -0.3 is 20.1 Å². The summed E-state index contributed by atoms with van der Waals surface area (Å²) in [6.45, 7) is 2.80. The number of anilines is 1. The maximum atomic E-state index is 5.31. The fourth-order valence-electron chi connectivity index (χ4n) is 2.17. The average Bonchev–Trinajstić information content (AvgIpc) is 2.56. The van der Waals surface area contributed by atoms with Crippen LogP contribution in [0.15, 0.2) is 42.5 Å². The predicted octanol–water partition coefficient (Wildman–Crippen LogP) is 3.54. The Morgan fingerprint density at radius 1 is 1.00 bits per heavy atom. The lowest BCUT2D eigenvalue weighted by molar-refractivity contribution is 0.354. The molecular weight excluding hydrogens is 308 g/mol. The third-order valence-corrected chi connectivity index (χ3v) is 3.70. The van der Waals surface area contributed by atoms with Crippen LogP contribution in [-0.2, 0) is 6.42 Å². The number of aryl methyl sites for hydroxylation is 1. The number of rotatable bonds is 6. The van der Waals surface area contributed by atoms with E-state index in [0.29, 0.717) is 5.11 Å². The van der Waals surface area contributed by atoms with Gasteiger partial charge in [0.05, 0.1) is 14.2 Å². The summed E-state index contributed by atoms with van der Waals surface area (Å²) in [5.74, 6) is 1.48. The predicted molar refractivity (Wildman–Crippen MR) is 98.7 cm³/mol. The molecule has 0 radical (unpaired) electrons. The molecule has 23 heavy (non-hydrogen) atoms. The molecule has 2 aromatic carbocycles. The van der Waals surface area contributed by atoms with Crippen molar-refractivity contribution >= 4 is 23.0 Å². The second-order valence-corrected chi connectivity index (χ2v) is 5.59. The fraction of sp³-hybridized carbons (Fsp3) is 0.278. The van der Waals surface area contributed by atoms with Gasteiger partial charge in [0.25, 0.3) is 0 Å². The van der Waals surface area contributed by atoms with Gasteiger partial charge in [0.1, 0.15) is 0 Å². The first kappa shape index (κ1) is 17.1. The molecule has 0 unspecified atom stereocenters. The van der Waals surface area contributed by atoms with Crippen molar-refractivity contribution in [2.75, 3.05) is 26.1 Å². The van der Waals surface area contributed by atoms with Gasteiger partial charge in [-0.15, -0.1) is 0 Å². The Morgan fingerprint density at radius 2 is 1.70 bits per heavy atom. The quantitative estimate of drug-likeness (QED) is 0.793. The van der Waals surface area contributed by atoms with Gasteiger partial charge in [0.2, 0.25) is 0 Å². The monoisotopic (exact) mass is 330 g/mol. The van der Waals surface area contributed by atoms with E-state index in [-0.39, 0.29) is 0 Å². The molecule has 122 valence electrons. The number of hydrogen-bond donors (Lipinski definition) is 2. The van der Waals surface area contributed by atoms with Crippen LogP contribution in [0.1, 0.15) is 11.1 Å². The second-order valence-electron chi connectivity index (χ2n) is 5.19. The molecule has 2 aromatic rings. The molecule has 2 N–H and O–H groups in total. The van der Waals surface area contributed by atoms with E-state index in [1.54, 1.807) is 14.2 Å². The molecule has 0 atom stereocenters. The SMILES string of the molecule is COc1ccc(CCNC(=S)Nc2ccc(C)cc2)cc1OC. The highest BCUT2D eigenvalue weighted by Gasteiger charge is 2.04. The molecule has 0 aliphatic rings. The van der Waals surface area contributed by atoms with Gasteiger partial charge >= 0.3 is 0 Å². The van der Waals surface area contributed by atoms with Crippen molar-refractivity contribution in [2.24, 2.45) is 0 Å². The molecule has 0 aliphatic carbocycles. The molecule has 0 aliphatic heterocycles. The summed E-state index contributed by atoms with van der Waals surface area (Å²) in [6.07, 6.45) is 0.843. The topological polar surface area (TPSA) is 42.5 Å². The largest absolute Gasteiger partial charge is 0.493 e. The fourth-order valence-corrected chi connectivity index (χ4v) is 2.39. The number of benzene rings is 2. The highest BCUT2D eigenvalue weighted by Crippen LogP contribution is 2.27. The lowest BCUT2D eigenvalue weighted by Crippen LogP contribution is -2.30. The van der Waals surface area contributed by atoms with Gasteiger partial charge in [-0.25, -0.2) is 0 Å². The van der Waals surface area contributed by atoms with Crippen LogP contribution in [0, 0.1) is 6.92 Å². The van der Waals surface area contributed by atoms with Crippen LogP contribution in [0.5, 0.6) is 11.5 Å². The van der Waals surface area contributed by atoms with Crippen LogP contribution in [0.3, 0.4) is 0 Å². The highest BCUT2D eigenvalue weighted by atomic mass is 32.1. The standard InChI is InChI=1S/C18H22N2O2S/c1-13-4-7-15(8-5-13)20-18(23)19-11-10-14-6-9-16(21-2)17(12-14)22-3/h4-9,12H,10-11H2,1-3H3,(H2,19,20,23). The van der Waals surface area contributed by atoms with E-state index in [9.17, 15) is 0 Å². The van der Waals surface area contributed by atoms with Crippen molar-refractivity contribution in [3.63, 3.8) is 0 Å². The molecular formula is C18H22N2O2S. The van der Waals surface area contributed by atoms with E-state index in [0.717, 1.165) is 35.7 Å². The molecule has 0 amide bonds. The summed E-state index contributed by atoms with van der Waals surface area (Å²) in [6, 6.07) is 14.0. The van der Waals surface area contributed by atoms with E-state index in [2.05, 4.69) is 29.7 Å². The van der Waals surface area contributed by atoms with Crippen LogP contribution < -0.4 is 20.1 Å². The van der Waals surface area contributed by atoms with Gasteiger partial charge in [-0.2, -0.15) is 0 Å². The van der Waals surface area contributed by atoms with E-state index in [1.165, 1.54) is 5.56 Å². The maximum absolute atomic E-state index is 5.31. The Bertz CT molecular complexity index is 657. The summed E-state index contributed by atoms with van der Waals surface area (Å²) in [5.41, 5.74) is 3.37. The third kappa shape index (κ3) is 5.14. The number of nitrogens with one attached hydrogen (secondary N) is 2. The Hall–Kier alpha value is -2.27. The third-order valence-electron chi connectivity index (χ3n) is 3.46. The number of hydrogen-bond acceptors (Lipinski definition) is 3. The summed E-state index contributed by atoms with van der Waals surface area (Å²) >= 11 is 5.31. The minimum Gasteiger partial charge on any atom is -0.493 e. The summed E-state index contributed by atoms with van der Waals surface area (Å²) in [5, 5.41) is 7.00. The number of methoxy groups -OCH3 is 2. The second kappa shape index (κ2) is 8.39. The molecule has 0 aromatic heterocycles. The first-order valence-electron chi connectivity index (χ1n) is 7.45. The van der Waals surface area contributed by atoms with Crippen LogP contribution >= 0.6 is 12.2 Å². The zero-order valence-corrected chi connectivity index (χ0v) is 14.5. The molecule has 4 nitrogen and oxygen atoms in total. The van der Waals surface area contributed by atoms with Gasteiger partial charge in [0, 0.05) is 12.2 Å². The van der Waals surface area contributed by atoms with Gasteiger partial charge in [0.15, 0.2) is 16.6 Å². The van der Waals surface area contributed by atoms with E-state index >= 15 is 0 Å². The van der Waals surface area contributed by atoms with Crippen LogP contribution in [-0.4, -0.2) is 25.9 Å². The van der Waals surface area contributed by atoms with Crippen molar-refractivity contribution in [3.8, 4) is 11.5 Å². The van der Waals surface area contributed by atoms with Crippen LogP contribution in [0.2, 0.25) is 0 Å². The Labute approximate surface area is 142 Å². The summed E-state index contributed by atoms with van der Waals surface area (Å²) in [7, 11) is 3.27. The molecule has 0 bridgehead atoms. The Balaban J connectivity index is 1.82. The molecule has 0 heterocycles. The Morgan fingerprint density at radius 3 is 2.35 bits per heavy atom. The maximum Gasteiger partial charge on any atom is 0.170 e. The summed E-state index contributed by atoms with van der Waals surface area (Å²) < 4.78 is 10.5. The van der Waals surface area contributed by atoms with Gasteiger partial charge in [-0.1, -0.05) is 23.8 Å². The number of thiocarbonyl (C=S) groups is 1. The van der Waals surface area contributed by atoms with E-state index in [4.69, 9.17) is 21.7 Å². The molecule has 0 saturated heterocycles. The van der Waals surface area contributed by atoms with Gasteiger partial charge in [-0.3, -0.25) is 0 Å². The summed E-state index contributed by atoms with van der Waals surface area (Å²) in [4.78, 5) is 0. The zero-order chi connectivity index (χ0) is 16.7. The molecule has 5 heteroatoms. The van der Waals surface area contributed by atoms with Crippen LogP contribution in [0.4, 0.5) is 5.69 Å². The minimum absolute atomic E-state index is 0.620. The lowest BCUT2D eigenvalue weighted by Gasteiger charge is -2.12. The van der Waals surface area contributed by atoms with E-state index in [1.807, 2.05) is 30.3 Å². The molecule has 2 rings (SSSR count). The number of ether oxygens (including phenoxy) is 2. The lowest BCUT2D eigenvalue weighted by atomic mass is 10.1. The highest BCUT2D eigenvalue weighted by molar-refractivity contribution is 7.80. The average molecular weight is 330 g/mol. The van der Waals surface area contributed by atoms with Crippen molar-refractivity contribution < 1.29 is 9.47 Å². The smallest absolute Gasteiger partial charge is 0.170 e. The van der Waals surface area contributed by atoms with Crippen molar-refractivity contribution in [1.29, 1.82) is 0 Å². The Kier molecular flexibility index (Phi) is 6.23. The minimum atomic E-state index is 0.620. The van der Waals surface area contributed by atoms with E-state index < -0.39 is 0 Å². The normalized spacial score (nSPS) is 10.0. The zero-order valence-electron chi connectivity index (χ0n) is 13.7. The molecule has 0 saturated carbocycles. The van der Waals surface area contributed by atoms with Crippen molar-refractivity contribution in [1.82, 2.24) is 5.32 Å². The van der Waals surface area contributed by atoms with Crippen molar-refractivity contribution in [3.05, 3.63) is 53.6 Å². The first-order chi connectivity index (χ1) is 11.1. The van der Waals surface area contributed by atoms with Crippen LogP contribution in [0.25, 0.3) is 0 Å². The molecule has 0 spiro atoms. The van der Waals surface area contributed by atoms with Crippen molar-refractivity contribution in [2.45, 2.75) is 13.3 Å².